The number of pyridine rings is 1. The minimum atomic E-state index is -4.41. The lowest BCUT2D eigenvalue weighted by molar-refractivity contribution is -0.154. The van der Waals surface area contributed by atoms with Gasteiger partial charge in [-0.1, -0.05) is 13.8 Å². The molecule has 0 atom stereocenters. The lowest BCUT2D eigenvalue weighted by atomic mass is 10.2. The van der Waals surface area contributed by atoms with E-state index in [1.807, 2.05) is 20.9 Å². The monoisotopic (exact) mass is 376 g/mol. The summed E-state index contributed by atoms with van der Waals surface area (Å²) in [5.74, 6) is -0.229. The van der Waals surface area contributed by atoms with Crippen molar-refractivity contribution in [2.75, 3.05) is 46.4 Å². The highest BCUT2D eigenvalue weighted by Crippen LogP contribution is 2.17. The molecule has 1 N–H and O–H groups in total. The van der Waals surface area contributed by atoms with E-state index >= 15 is 0 Å². The van der Waals surface area contributed by atoms with E-state index in [-0.39, 0.29) is 18.3 Å². The van der Waals surface area contributed by atoms with Gasteiger partial charge in [0, 0.05) is 45.0 Å². The van der Waals surface area contributed by atoms with Crippen molar-refractivity contribution in [1.29, 1.82) is 0 Å². The van der Waals surface area contributed by atoms with Crippen LogP contribution in [0.2, 0.25) is 0 Å². The number of halogens is 3. The lowest BCUT2D eigenvalue weighted by Gasteiger charge is -2.31. The fraction of sp³-hybridized carbons (Fsp3) is 0.647. The summed E-state index contributed by atoms with van der Waals surface area (Å²) in [5.41, 5.74) is 0.633. The standard InChI is InChI=1S/C15H21F3N4O2.C2H6/c1-21-4-6-22(7-5-21)10-13(23)20-9-12-2-3-19-14(8-12)24-11-15(16,17)18;1-2/h2-3,8H,4-7,9-11H2,1H3,(H,20,23);1-2H3. The van der Waals surface area contributed by atoms with Gasteiger partial charge in [0.05, 0.1) is 6.54 Å². The molecule has 2 heterocycles. The molecule has 0 saturated carbocycles. The Morgan fingerprint density at radius 1 is 1.27 bits per heavy atom. The normalized spacial score (nSPS) is 15.8. The number of carbonyl (C=O) groups excluding carboxylic acids is 1. The van der Waals surface area contributed by atoms with E-state index in [9.17, 15) is 18.0 Å². The maximum Gasteiger partial charge on any atom is 0.422 e. The van der Waals surface area contributed by atoms with Gasteiger partial charge in [0.15, 0.2) is 6.61 Å². The Hall–Kier alpha value is -1.87. The van der Waals surface area contributed by atoms with Crippen LogP contribution in [0.3, 0.4) is 0 Å². The number of rotatable bonds is 6. The minimum Gasteiger partial charge on any atom is -0.468 e. The van der Waals surface area contributed by atoms with Crippen molar-refractivity contribution in [3.05, 3.63) is 23.9 Å². The van der Waals surface area contributed by atoms with Gasteiger partial charge in [0.25, 0.3) is 0 Å². The van der Waals surface area contributed by atoms with E-state index in [4.69, 9.17) is 0 Å². The fourth-order valence-corrected chi connectivity index (χ4v) is 2.26. The third kappa shape index (κ3) is 9.00. The van der Waals surface area contributed by atoms with Gasteiger partial charge in [-0.15, -0.1) is 0 Å². The van der Waals surface area contributed by atoms with E-state index in [0.717, 1.165) is 26.2 Å². The molecular formula is C17H27F3N4O2. The third-order valence-electron chi connectivity index (χ3n) is 3.64. The largest absolute Gasteiger partial charge is 0.468 e. The van der Waals surface area contributed by atoms with Crippen molar-refractivity contribution in [1.82, 2.24) is 20.1 Å². The first kappa shape index (κ1) is 22.2. The van der Waals surface area contributed by atoms with E-state index in [1.54, 1.807) is 6.07 Å². The van der Waals surface area contributed by atoms with Crippen LogP contribution in [0.25, 0.3) is 0 Å². The molecule has 1 amide bonds. The zero-order chi connectivity index (χ0) is 19.6. The average Bonchev–Trinajstić information content (AvgIpc) is 2.62. The van der Waals surface area contributed by atoms with Crippen molar-refractivity contribution >= 4 is 5.91 Å². The highest BCUT2D eigenvalue weighted by molar-refractivity contribution is 5.78. The number of hydrogen-bond donors (Lipinski definition) is 1. The molecule has 1 fully saturated rings. The zero-order valence-corrected chi connectivity index (χ0v) is 15.5. The second kappa shape index (κ2) is 11.0. The van der Waals surface area contributed by atoms with Crippen molar-refractivity contribution < 1.29 is 22.7 Å². The highest BCUT2D eigenvalue weighted by Gasteiger charge is 2.28. The molecule has 1 aliphatic rings. The summed E-state index contributed by atoms with van der Waals surface area (Å²) in [7, 11) is 2.04. The van der Waals surface area contributed by atoms with E-state index < -0.39 is 12.8 Å². The number of nitrogens with one attached hydrogen (secondary N) is 1. The van der Waals surface area contributed by atoms with Crippen LogP contribution in [0.5, 0.6) is 5.88 Å². The maximum absolute atomic E-state index is 12.1. The molecule has 0 spiro atoms. The van der Waals surface area contributed by atoms with Crippen LogP contribution >= 0.6 is 0 Å². The van der Waals surface area contributed by atoms with Crippen molar-refractivity contribution in [3.63, 3.8) is 0 Å². The molecule has 1 aromatic rings. The number of hydrogen-bond acceptors (Lipinski definition) is 5. The Bertz CT molecular complexity index is 547. The van der Waals surface area contributed by atoms with E-state index in [1.165, 1.54) is 12.3 Å². The number of ether oxygens (including phenoxy) is 1. The predicted molar refractivity (Wildman–Crippen MR) is 92.9 cm³/mol. The molecule has 1 saturated heterocycles. The summed E-state index contributed by atoms with van der Waals surface area (Å²) in [6, 6.07) is 3.01. The molecule has 0 aliphatic carbocycles. The molecular weight excluding hydrogens is 349 g/mol. The van der Waals surface area contributed by atoms with Crippen LogP contribution in [0.1, 0.15) is 19.4 Å². The number of amides is 1. The number of piperazine rings is 1. The Balaban J connectivity index is 0.00000163. The van der Waals surface area contributed by atoms with Crippen LogP contribution in [0.15, 0.2) is 18.3 Å². The Labute approximate surface area is 152 Å². The van der Waals surface area contributed by atoms with E-state index in [0.29, 0.717) is 12.1 Å². The van der Waals surface area contributed by atoms with Gasteiger partial charge >= 0.3 is 6.18 Å². The summed E-state index contributed by atoms with van der Waals surface area (Å²) < 4.78 is 41.0. The Morgan fingerprint density at radius 2 is 1.92 bits per heavy atom. The van der Waals surface area contributed by atoms with Crippen LogP contribution in [-0.4, -0.2) is 73.2 Å². The van der Waals surface area contributed by atoms with Crippen LogP contribution in [-0.2, 0) is 11.3 Å². The highest BCUT2D eigenvalue weighted by atomic mass is 19.4. The first-order chi connectivity index (χ1) is 12.3. The lowest BCUT2D eigenvalue weighted by Crippen LogP contribution is -2.48. The van der Waals surface area contributed by atoms with Gasteiger partial charge in [0.2, 0.25) is 11.8 Å². The SMILES string of the molecule is CC.CN1CCN(CC(=O)NCc2ccnc(OCC(F)(F)F)c2)CC1. The first-order valence-corrected chi connectivity index (χ1v) is 8.64. The van der Waals surface area contributed by atoms with Gasteiger partial charge in [-0.3, -0.25) is 9.69 Å². The topological polar surface area (TPSA) is 57.7 Å². The summed E-state index contributed by atoms with van der Waals surface area (Å²) in [5, 5.41) is 2.76. The summed E-state index contributed by atoms with van der Waals surface area (Å²) in [6.07, 6.45) is -3.05. The molecule has 2 rings (SSSR count). The van der Waals surface area contributed by atoms with E-state index in [2.05, 4.69) is 24.8 Å². The molecule has 148 valence electrons. The maximum atomic E-state index is 12.1. The molecule has 6 nitrogen and oxygen atoms in total. The summed E-state index contributed by atoms with van der Waals surface area (Å²) >= 11 is 0. The Morgan fingerprint density at radius 3 is 2.54 bits per heavy atom. The number of nitrogens with zero attached hydrogens (tertiary/aromatic N) is 3. The first-order valence-electron chi connectivity index (χ1n) is 8.64. The average molecular weight is 376 g/mol. The summed E-state index contributed by atoms with van der Waals surface area (Å²) in [6.45, 7) is 6.69. The van der Waals surface area contributed by atoms with Gasteiger partial charge in [-0.25, -0.2) is 4.98 Å². The third-order valence-corrected chi connectivity index (χ3v) is 3.64. The Kier molecular flexibility index (Phi) is 9.36. The summed E-state index contributed by atoms with van der Waals surface area (Å²) in [4.78, 5) is 19.9. The number of aromatic nitrogens is 1. The van der Waals surface area contributed by atoms with Crippen LogP contribution < -0.4 is 10.1 Å². The predicted octanol–water partition coefficient (Wildman–Crippen LogP) is 1.91. The second-order valence-corrected chi connectivity index (χ2v) is 5.76. The molecule has 0 unspecified atom stereocenters. The van der Waals surface area contributed by atoms with Crippen molar-refractivity contribution in [3.8, 4) is 5.88 Å². The molecule has 0 radical (unpaired) electrons. The van der Waals surface area contributed by atoms with Crippen LogP contribution in [0, 0.1) is 0 Å². The zero-order valence-electron chi connectivity index (χ0n) is 15.5. The van der Waals surface area contributed by atoms with Crippen molar-refractivity contribution in [2.24, 2.45) is 0 Å². The minimum absolute atomic E-state index is 0.113. The molecule has 1 aromatic heterocycles. The van der Waals surface area contributed by atoms with Crippen LogP contribution in [0.4, 0.5) is 13.2 Å². The quantitative estimate of drug-likeness (QED) is 0.822. The number of likely N-dealkylation sites (N-methyl/N-ethyl adjacent to an activating group) is 1. The molecule has 26 heavy (non-hydrogen) atoms. The fourth-order valence-electron chi connectivity index (χ4n) is 2.26. The number of alkyl halides is 3. The molecule has 1 aliphatic heterocycles. The van der Waals surface area contributed by atoms with Gasteiger partial charge in [-0.2, -0.15) is 13.2 Å². The van der Waals surface area contributed by atoms with Gasteiger partial charge < -0.3 is 15.0 Å². The molecule has 9 heteroatoms. The van der Waals surface area contributed by atoms with Gasteiger partial charge in [-0.05, 0) is 18.7 Å². The van der Waals surface area contributed by atoms with Gasteiger partial charge in [0.1, 0.15) is 0 Å². The second-order valence-electron chi connectivity index (χ2n) is 5.76. The molecule has 0 bridgehead atoms. The number of carbonyl (C=O) groups is 1. The molecule has 0 aromatic carbocycles. The van der Waals surface area contributed by atoms with Crippen molar-refractivity contribution in [2.45, 2.75) is 26.6 Å². The smallest absolute Gasteiger partial charge is 0.422 e.